The van der Waals surface area contributed by atoms with E-state index < -0.39 is 0 Å². The highest BCUT2D eigenvalue weighted by atomic mass is 35.5. The van der Waals surface area contributed by atoms with Crippen molar-refractivity contribution in [1.29, 1.82) is 0 Å². The highest BCUT2D eigenvalue weighted by Gasteiger charge is 2.26. The van der Waals surface area contributed by atoms with Gasteiger partial charge in [-0.25, -0.2) is 4.98 Å². The van der Waals surface area contributed by atoms with E-state index in [1.807, 2.05) is 6.92 Å². The van der Waals surface area contributed by atoms with E-state index >= 15 is 0 Å². The van der Waals surface area contributed by atoms with E-state index in [2.05, 4.69) is 14.3 Å². The van der Waals surface area contributed by atoms with Crippen molar-refractivity contribution in [3.05, 3.63) is 28.5 Å². The Bertz CT molecular complexity index is 781. The molecule has 0 radical (unpaired) electrons. The number of piperazine rings is 1. The summed E-state index contributed by atoms with van der Waals surface area (Å²) in [7, 11) is 1.51. The van der Waals surface area contributed by atoms with Crippen LogP contribution < -0.4 is 15.4 Å². The number of rotatable bonds is 4. The first-order valence-electron chi connectivity index (χ1n) is 8.03. The zero-order valence-corrected chi connectivity index (χ0v) is 18.2. The third-order valence-electron chi connectivity index (χ3n) is 4.16. The molecule has 150 valence electrons. The molecule has 1 fully saturated rings. The molecule has 1 saturated heterocycles. The Balaban J connectivity index is 0.00000182. The first-order valence-corrected chi connectivity index (χ1v) is 9.18. The number of hydrogen-bond acceptors (Lipinski definition) is 7. The van der Waals surface area contributed by atoms with Gasteiger partial charge in [0.05, 0.1) is 23.4 Å². The van der Waals surface area contributed by atoms with Crippen molar-refractivity contribution in [3.8, 4) is 5.75 Å². The maximum atomic E-state index is 12.8. The molecule has 0 spiro atoms. The fourth-order valence-electron chi connectivity index (χ4n) is 2.69. The summed E-state index contributed by atoms with van der Waals surface area (Å²) >= 11 is 7.48. The lowest BCUT2D eigenvalue weighted by Crippen LogP contribution is -2.48. The van der Waals surface area contributed by atoms with E-state index in [1.54, 1.807) is 17.0 Å². The number of benzene rings is 1. The summed E-state index contributed by atoms with van der Waals surface area (Å²) in [5.74, 6) is 1.19. The fraction of sp³-hybridized carbons (Fsp3) is 0.438. The Labute approximate surface area is 179 Å². The van der Waals surface area contributed by atoms with E-state index in [4.69, 9.17) is 22.1 Å². The number of nitrogens with zero attached hydrogens (tertiary/aromatic N) is 4. The maximum Gasteiger partial charge on any atom is 0.257 e. The molecular weight excluding hydrogens is 433 g/mol. The largest absolute Gasteiger partial charge is 0.496 e. The third-order valence-corrected chi connectivity index (χ3v) is 5.30. The molecule has 0 aliphatic carbocycles. The normalized spacial score (nSPS) is 13.6. The van der Waals surface area contributed by atoms with Crippen LogP contribution in [-0.4, -0.2) is 53.5 Å². The van der Waals surface area contributed by atoms with E-state index in [0.717, 1.165) is 30.5 Å². The van der Waals surface area contributed by atoms with Gasteiger partial charge >= 0.3 is 0 Å². The van der Waals surface area contributed by atoms with Gasteiger partial charge in [-0.3, -0.25) is 4.79 Å². The smallest absolute Gasteiger partial charge is 0.257 e. The number of amides is 1. The molecule has 1 aliphatic heterocycles. The molecular formula is C16H22Cl3N5O2S. The summed E-state index contributed by atoms with van der Waals surface area (Å²) in [6.45, 7) is 4.67. The van der Waals surface area contributed by atoms with E-state index in [-0.39, 0.29) is 30.7 Å². The van der Waals surface area contributed by atoms with E-state index in [1.165, 1.54) is 18.6 Å². The number of aromatic nitrogens is 2. The zero-order chi connectivity index (χ0) is 18.0. The number of nitrogens with two attached hydrogens (primary N) is 1. The summed E-state index contributed by atoms with van der Waals surface area (Å²) < 4.78 is 9.60. The number of ether oxygens (including phenoxy) is 1. The Morgan fingerprint density at radius 3 is 2.52 bits per heavy atom. The van der Waals surface area contributed by atoms with Crippen LogP contribution in [-0.2, 0) is 6.42 Å². The number of hydrogen-bond donors (Lipinski definition) is 1. The Morgan fingerprint density at radius 1 is 1.30 bits per heavy atom. The summed E-state index contributed by atoms with van der Waals surface area (Å²) in [5, 5.41) is 1.26. The Hall–Kier alpha value is -1.48. The van der Waals surface area contributed by atoms with E-state index in [0.29, 0.717) is 35.1 Å². The number of nitrogen functional groups attached to an aromatic ring is 1. The SMILES string of the molecule is CCc1nsc(N2CCN(C(=O)c3cc(Cl)c(N)cc3OC)CC2)n1.Cl.Cl. The minimum absolute atomic E-state index is 0. The number of aryl methyl sites for hydroxylation is 1. The predicted octanol–water partition coefficient (Wildman–Crippen LogP) is 3.15. The van der Waals surface area contributed by atoms with Gasteiger partial charge in [-0.1, -0.05) is 18.5 Å². The van der Waals surface area contributed by atoms with Crippen molar-refractivity contribution < 1.29 is 9.53 Å². The molecule has 11 heteroatoms. The molecule has 2 heterocycles. The number of carbonyl (C=O) groups is 1. The fourth-order valence-corrected chi connectivity index (χ4v) is 3.66. The van der Waals surface area contributed by atoms with Crippen molar-refractivity contribution >= 4 is 64.7 Å². The lowest BCUT2D eigenvalue weighted by Gasteiger charge is -2.34. The zero-order valence-electron chi connectivity index (χ0n) is 15.0. The molecule has 0 atom stereocenters. The highest BCUT2D eigenvalue weighted by Crippen LogP contribution is 2.30. The number of halogens is 3. The first kappa shape index (κ1) is 23.6. The van der Waals surface area contributed by atoms with Gasteiger partial charge < -0.3 is 20.3 Å². The van der Waals surface area contributed by atoms with Crippen LogP contribution in [0, 0.1) is 0 Å². The van der Waals surface area contributed by atoms with Crippen LogP contribution in [0.15, 0.2) is 12.1 Å². The van der Waals surface area contributed by atoms with Gasteiger partial charge in [0.15, 0.2) is 0 Å². The van der Waals surface area contributed by atoms with Crippen LogP contribution in [0.4, 0.5) is 10.8 Å². The van der Waals surface area contributed by atoms with Crippen LogP contribution in [0.3, 0.4) is 0 Å². The number of carbonyl (C=O) groups excluding carboxylic acids is 1. The number of methoxy groups -OCH3 is 1. The Morgan fingerprint density at radius 2 is 1.96 bits per heavy atom. The van der Waals surface area contributed by atoms with Gasteiger partial charge in [-0.2, -0.15) is 4.37 Å². The van der Waals surface area contributed by atoms with Crippen LogP contribution in [0.1, 0.15) is 23.1 Å². The van der Waals surface area contributed by atoms with Crippen LogP contribution >= 0.6 is 47.9 Å². The van der Waals surface area contributed by atoms with Gasteiger partial charge in [0.25, 0.3) is 5.91 Å². The molecule has 1 aromatic carbocycles. The second kappa shape index (κ2) is 10.2. The summed E-state index contributed by atoms with van der Waals surface area (Å²) in [6, 6.07) is 3.15. The average Bonchev–Trinajstić information content (AvgIpc) is 3.12. The minimum Gasteiger partial charge on any atom is -0.496 e. The standard InChI is InChI=1S/C16H20ClN5O2S.2ClH/c1-3-14-19-16(25-20-14)22-6-4-21(5-7-22)15(23)10-8-11(17)12(18)9-13(10)24-2;;/h8-9H,3-7,18H2,1-2H3;2*1H. The van der Waals surface area contributed by atoms with E-state index in [9.17, 15) is 4.79 Å². The van der Waals surface area contributed by atoms with Crippen LogP contribution in [0.2, 0.25) is 5.02 Å². The molecule has 2 N–H and O–H groups in total. The summed E-state index contributed by atoms with van der Waals surface area (Å²) in [4.78, 5) is 21.3. The molecule has 0 saturated carbocycles. The highest BCUT2D eigenvalue weighted by molar-refractivity contribution is 7.09. The quantitative estimate of drug-likeness (QED) is 0.714. The summed E-state index contributed by atoms with van der Waals surface area (Å²) in [5.41, 5.74) is 6.61. The van der Waals surface area contributed by atoms with Gasteiger partial charge in [0.1, 0.15) is 11.6 Å². The molecule has 7 nitrogen and oxygen atoms in total. The van der Waals surface area contributed by atoms with Gasteiger partial charge in [-0.15, -0.1) is 24.8 Å². The predicted molar refractivity (Wildman–Crippen MR) is 114 cm³/mol. The molecule has 3 rings (SSSR count). The van der Waals surface area contributed by atoms with Crippen molar-refractivity contribution in [1.82, 2.24) is 14.3 Å². The lowest BCUT2D eigenvalue weighted by molar-refractivity contribution is 0.0743. The van der Waals surface area contributed by atoms with Crippen molar-refractivity contribution in [2.75, 3.05) is 43.9 Å². The van der Waals surface area contributed by atoms with Crippen LogP contribution in [0.5, 0.6) is 5.75 Å². The second-order valence-corrected chi connectivity index (χ2v) is 6.84. The molecule has 0 bridgehead atoms. The van der Waals surface area contributed by atoms with Crippen molar-refractivity contribution in [2.24, 2.45) is 0 Å². The molecule has 2 aromatic rings. The van der Waals surface area contributed by atoms with Gasteiger partial charge in [0, 0.05) is 50.2 Å². The Kier molecular flexibility index (Phi) is 8.87. The summed E-state index contributed by atoms with van der Waals surface area (Å²) in [6.07, 6.45) is 0.826. The minimum atomic E-state index is -0.107. The monoisotopic (exact) mass is 453 g/mol. The first-order chi connectivity index (χ1) is 12.0. The molecule has 0 unspecified atom stereocenters. The molecule has 1 aliphatic rings. The molecule has 1 amide bonds. The lowest BCUT2D eigenvalue weighted by atomic mass is 10.1. The van der Waals surface area contributed by atoms with Crippen molar-refractivity contribution in [2.45, 2.75) is 13.3 Å². The van der Waals surface area contributed by atoms with Gasteiger partial charge in [-0.05, 0) is 6.07 Å². The molecule has 1 aromatic heterocycles. The second-order valence-electron chi connectivity index (χ2n) is 5.70. The average molecular weight is 455 g/mol. The maximum absolute atomic E-state index is 12.8. The van der Waals surface area contributed by atoms with Gasteiger partial charge in [0.2, 0.25) is 5.13 Å². The third kappa shape index (κ3) is 5.07. The topological polar surface area (TPSA) is 84.6 Å². The molecule has 27 heavy (non-hydrogen) atoms. The number of anilines is 2. The van der Waals surface area contributed by atoms with Crippen molar-refractivity contribution in [3.63, 3.8) is 0 Å². The van der Waals surface area contributed by atoms with Crippen LogP contribution in [0.25, 0.3) is 0 Å².